The minimum Gasteiger partial charge on any atom is -0.481 e. The molecule has 0 aliphatic carbocycles. The summed E-state index contributed by atoms with van der Waals surface area (Å²) in [6, 6.07) is 3.66. The monoisotopic (exact) mass is 165 g/mol. The van der Waals surface area contributed by atoms with Gasteiger partial charge in [-0.05, 0) is 6.92 Å². The van der Waals surface area contributed by atoms with Crippen LogP contribution in [0.2, 0.25) is 0 Å². The van der Waals surface area contributed by atoms with Gasteiger partial charge in [0, 0.05) is 12.6 Å². The first-order valence-electron chi connectivity index (χ1n) is 3.67. The van der Waals surface area contributed by atoms with Gasteiger partial charge in [0.2, 0.25) is 5.88 Å². The lowest BCUT2D eigenvalue weighted by Gasteiger charge is -2.05. The lowest BCUT2D eigenvalue weighted by Crippen LogP contribution is -2.01. The van der Waals surface area contributed by atoms with Gasteiger partial charge in [-0.2, -0.15) is 5.26 Å². The molecule has 1 heterocycles. The van der Waals surface area contributed by atoms with Crippen molar-refractivity contribution in [1.29, 1.82) is 5.26 Å². The first-order chi connectivity index (χ1) is 5.74. The van der Waals surface area contributed by atoms with Gasteiger partial charge in [0.25, 0.3) is 0 Å². The quantitative estimate of drug-likeness (QED) is 0.710. The van der Waals surface area contributed by atoms with Gasteiger partial charge in [-0.25, -0.2) is 0 Å². The number of nitriles is 1. The molecule has 4 heteroatoms. The van der Waals surface area contributed by atoms with Crippen LogP contribution in [0.3, 0.4) is 0 Å². The van der Waals surface area contributed by atoms with Crippen molar-refractivity contribution in [2.24, 2.45) is 0 Å². The molecule has 2 N–H and O–H groups in total. The smallest absolute Gasteiger partial charge is 0.218 e. The number of aromatic nitrogens is 1. The maximum Gasteiger partial charge on any atom is 0.218 e. The van der Waals surface area contributed by atoms with E-state index in [9.17, 15) is 0 Å². The summed E-state index contributed by atoms with van der Waals surface area (Å²) in [5, 5.41) is 8.70. The van der Waals surface area contributed by atoms with Crippen LogP contribution in [0.4, 0.5) is 5.69 Å². The number of methoxy groups -OCH3 is 1. The van der Waals surface area contributed by atoms with Gasteiger partial charge in [0.1, 0.15) is 11.8 Å². The van der Waals surface area contributed by atoms with E-state index in [1.807, 2.05) is 13.0 Å². The maximum atomic E-state index is 8.70. The lowest BCUT2D eigenvalue weighted by molar-refractivity contribution is 0.376. The van der Waals surface area contributed by atoms with Crippen molar-refractivity contribution < 1.29 is 4.74 Å². The SMILES string of the molecule is CCn1c(C#N)cc(N)c1OC. The molecule has 0 bridgehead atoms. The van der Waals surface area contributed by atoms with Gasteiger partial charge >= 0.3 is 0 Å². The molecule has 0 radical (unpaired) electrons. The van der Waals surface area contributed by atoms with E-state index in [0.717, 1.165) is 0 Å². The molecule has 0 fully saturated rings. The summed E-state index contributed by atoms with van der Waals surface area (Å²) in [7, 11) is 1.54. The third-order valence-corrected chi connectivity index (χ3v) is 1.70. The predicted octanol–water partition coefficient (Wildman–Crippen LogP) is 0.970. The van der Waals surface area contributed by atoms with Crippen molar-refractivity contribution in [2.75, 3.05) is 12.8 Å². The normalized spacial score (nSPS) is 9.42. The van der Waals surface area contributed by atoms with E-state index in [-0.39, 0.29) is 0 Å². The Kier molecular flexibility index (Phi) is 2.24. The molecule has 0 spiro atoms. The van der Waals surface area contributed by atoms with Crippen molar-refractivity contribution in [3.8, 4) is 11.9 Å². The molecule has 64 valence electrons. The van der Waals surface area contributed by atoms with E-state index in [0.29, 0.717) is 23.8 Å². The number of hydrogen-bond acceptors (Lipinski definition) is 3. The standard InChI is InChI=1S/C8H11N3O/c1-3-11-6(5-9)4-7(10)8(11)12-2/h4H,3,10H2,1-2H3. The number of ether oxygens (including phenoxy) is 1. The van der Waals surface area contributed by atoms with E-state index in [2.05, 4.69) is 0 Å². The number of anilines is 1. The third kappa shape index (κ3) is 1.10. The molecule has 1 aromatic heterocycles. The number of nitrogens with two attached hydrogens (primary N) is 1. The average Bonchev–Trinajstić information content (AvgIpc) is 2.40. The van der Waals surface area contributed by atoms with Crippen LogP contribution in [0, 0.1) is 11.3 Å². The fourth-order valence-corrected chi connectivity index (χ4v) is 1.19. The van der Waals surface area contributed by atoms with Crippen LogP contribution < -0.4 is 10.5 Å². The summed E-state index contributed by atoms with van der Waals surface area (Å²) in [5.74, 6) is 0.564. The first kappa shape index (κ1) is 8.47. The molecular formula is C8H11N3O. The second kappa shape index (κ2) is 3.18. The fraction of sp³-hybridized carbons (Fsp3) is 0.375. The summed E-state index contributed by atoms with van der Waals surface area (Å²) in [4.78, 5) is 0. The molecule has 0 unspecified atom stereocenters. The number of nitrogens with zero attached hydrogens (tertiary/aromatic N) is 2. The second-order valence-electron chi connectivity index (χ2n) is 2.35. The van der Waals surface area contributed by atoms with Crippen LogP contribution >= 0.6 is 0 Å². The molecule has 1 rings (SSSR count). The van der Waals surface area contributed by atoms with Gasteiger partial charge in [-0.15, -0.1) is 0 Å². The predicted molar refractivity (Wildman–Crippen MR) is 45.8 cm³/mol. The lowest BCUT2D eigenvalue weighted by atomic mass is 10.4. The summed E-state index contributed by atoms with van der Waals surface area (Å²) < 4.78 is 6.77. The zero-order valence-electron chi connectivity index (χ0n) is 7.16. The van der Waals surface area contributed by atoms with Crippen LogP contribution in [-0.4, -0.2) is 11.7 Å². The van der Waals surface area contributed by atoms with E-state index >= 15 is 0 Å². The second-order valence-corrected chi connectivity index (χ2v) is 2.35. The number of rotatable bonds is 2. The van der Waals surface area contributed by atoms with E-state index in [1.165, 1.54) is 0 Å². The van der Waals surface area contributed by atoms with Gasteiger partial charge < -0.3 is 15.0 Å². The van der Waals surface area contributed by atoms with Crippen molar-refractivity contribution >= 4 is 5.69 Å². The summed E-state index contributed by atoms with van der Waals surface area (Å²) in [5.41, 5.74) is 6.65. The number of nitrogen functional groups attached to an aromatic ring is 1. The molecule has 12 heavy (non-hydrogen) atoms. The highest BCUT2D eigenvalue weighted by Gasteiger charge is 2.10. The highest BCUT2D eigenvalue weighted by molar-refractivity contribution is 5.55. The average molecular weight is 165 g/mol. The van der Waals surface area contributed by atoms with E-state index < -0.39 is 0 Å². The van der Waals surface area contributed by atoms with Crippen LogP contribution in [0.25, 0.3) is 0 Å². The Balaban J connectivity index is 3.28. The molecule has 0 aliphatic heterocycles. The van der Waals surface area contributed by atoms with Crippen molar-refractivity contribution in [1.82, 2.24) is 4.57 Å². The fourth-order valence-electron chi connectivity index (χ4n) is 1.19. The summed E-state index contributed by atoms with van der Waals surface area (Å²) in [6.45, 7) is 2.62. The zero-order valence-corrected chi connectivity index (χ0v) is 7.16. The van der Waals surface area contributed by atoms with Gasteiger partial charge in [0.15, 0.2) is 0 Å². The van der Waals surface area contributed by atoms with Crippen molar-refractivity contribution in [3.63, 3.8) is 0 Å². The van der Waals surface area contributed by atoms with Crippen LogP contribution in [-0.2, 0) is 6.54 Å². The van der Waals surface area contributed by atoms with E-state index in [4.69, 9.17) is 15.7 Å². The Morgan fingerprint density at radius 1 is 1.75 bits per heavy atom. The first-order valence-corrected chi connectivity index (χ1v) is 3.67. The molecule has 0 saturated heterocycles. The van der Waals surface area contributed by atoms with Gasteiger partial charge in [-0.1, -0.05) is 0 Å². The minimum absolute atomic E-state index is 0.510. The topological polar surface area (TPSA) is 64.0 Å². The Labute approximate surface area is 71.2 Å². The molecule has 0 aromatic carbocycles. The Bertz CT molecular complexity index is 322. The summed E-state index contributed by atoms with van der Waals surface area (Å²) >= 11 is 0. The van der Waals surface area contributed by atoms with Crippen LogP contribution in [0.15, 0.2) is 6.07 Å². The van der Waals surface area contributed by atoms with Crippen molar-refractivity contribution in [2.45, 2.75) is 13.5 Å². The molecule has 1 aromatic rings. The third-order valence-electron chi connectivity index (χ3n) is 1.70. The molecule has 0 atom stereocenters. The number of hydrogen-bond donors (Lipinski definition) is 1. The van der Waals surface area contributed by atoms with Crippen molar-refractivity contribution in [3.05, 3.63) is 11.8 Å². The van der Waals surface area contributed by atoms with Gasteiger partial charge in [-0.3, -0.25) is 0 Å². The molecule has 0 aliphatic rings. The Hall–Kier alpha value is -1.63. The molecule has 0 amide bonds. The highest BCUT2D eigenvalue weighted by Crippen LogP contribution is 2.25. The van der Waals surface area contributed by atoms with E-state index in [1.54, 1.807) is 17.7 Å². The largest absolute Gasteiger partial charge is 0.481 e. The Morgan fingerprint density at radius 2 is 2.42 bits per heavy atom. The van der Waals surface area contributed by atoms with Gasteiger partial charge in [0.05, 0.1) is 12.8 Å². The highest BCUT2D eigenvalue weighted by atomic mass is 16.5. The summed E-state index contributed by atoms with van der Waals surface area (Å²) in [6.07, 6.45) is 0. The Morgan fingerprint density at radius 3 is 2.83 bits per heavy atom. The van der Waals surface area contributed by atoms with Crippen LogP contribution in [0.5, 0.6) is 5.88 Å². The maximum absolute atomic E-state index is 8.70. The molecule has 0 saturated carbocycles. The molecular weight excluding hydrogens is 154 g/mol. The van der Waals surface area contributed by atoms with Crippen LogP contribution in [0.1, 0.15) is 12.6 Å². The minimum atomic E-state index is 0.510. The molecule has 4 nitrogen and oxygen atoms in total. The zero-order chi connectivity index (χ0) is 9.14.